The molecule has 0 aromatic heterocycles. The lowest BCUT2D eigenvalue weighted by Gasteiger charge is -2.21. The molecule has 1 saturated heterocycles. The first-order valence-electron chi connectivity index (χ1n) is 6.97. The topological polar surface area (TPSA) is 67.4 Å². The van der Waals surface area contributed by atoms with Crippen LogP contribution in [0.3, 0.4) is 0 Å². The lowest BCUT2D eigenvalue weighted by atomic mass is 10.1. The Morgan fingerprint density at radius 2 is 1.95 bits per heavy atom. The lowest BCUT2D eigenvalue weighted by Crippen LogP contribution is -2.35. The predicted octanol–water partition coefficient (Wildman–Crippen LogP) is 1.70. The molecule has 1 aromatic carbocycles. The van der Waals surface area contributed by atoms with Crippen LogP contribution in [0.2, 0.25) is 0 Å². The van der Waals surface area contributed by atoms with Gasteiger partial charge in [-0.25, -0.2) is 0 Å². The van der Waals surface area contributed by atoms with Crippen molar-refractivity contribution in [2.75, 3.05) is 18.5 Å². The first kappa shape index (κ1) is 14.5. The Balaban J connectivity index is 1.66. The minimum atomic E-state index is -0.228. The van der Waals surface area contributed by atoms with Crippen LogP contribution in [0.5, 0.6) is 0 Å². The Hall–Kier alpha value is -1.88. The average molecular weight is 276 g/mol. The molecule has 0 aliphatic carbocycles. The van der Waals surface area contributed by atoms with Crippen molar-refractivity contribution in [1.29, 1.82) is 0 Å². The maximum absolute atomic E-state index is 11.7. The fourth-order valence-corrected chi connectivity index (χ4v) is 2.15. The Kier molecular flexibility index (Phi) is 5.55. The Morgan fingerprint density at radius 3 is 2.65 bits per heavy atom. The summed E-state index contributed by atoms with van der Waals surface area (Å²) in [7, 11) is 0. The van der Waals surface area contributed by atoms with Gasteiger partial charge in [0.15, 0.2) is 0 Å². The third-order valence-corrected chi connectivity index (χ3v) is 3.19. The smallest absolute Gasteiger partial charge is 0.243 e. The number of anilines is 1. The van der Waals surface area contributed by atoms with Crippen LogP contribution >= 0.6 is 0 Å². The molecule has 5 nitrogen and oxygen atoms in total. The molecule has 1 aliphatic heterocycles. The van der Waals surface area contributed by atoms with Crippen LogP contribution in [0.4, 0.5) is 5.69 Å². The highest BCUT2D eigenvalue weighted by molar-refractivity contribution is 5.94. The fraction of sp³-hybridized carbons (Fsp3) is 0.467. The molecule has 1 unspecified atom stereocenters. The number of carbonyl (C=O) groups excluding carboxylic acids is 2. The van der Waals surface area contributed by atoms with Crippen LogP contribution in [0.1, 0.15) is 25.7 Å². The standard InChI is InChI=1S/C15H20N2O3/c18-14(10-13-8-4-5-9-20-13)16-11-15(19)17-12-6-2-1-3-7-12/h1-3,6-7,13H,4-5,8-11H2,(H,16,18)(H,17,19). The average Bonchev–Trinajstić information content (AvgIpc) is 2.47. The van der Waals surface area contributed by atoms with Crippen molar-refractivity contribution < 1.29 is 14.3 Å². The second kappa shape index (κ2) is 7.65. The van der Waals surface area contributed by atoms with Crippen molar-refractivity contribution >= 4 is 17.5 Å². The summed E-state index contributed by atoms with van der Waals surface area (Å²) < 4.78 is 5.49. The number of rotatable bonds is 5. The number of amides is 2. The highest BCUT2D eigenvalue weighted by Gasteiger charge is 2.17. The molecule has 0 spiro atoms. The number of carbonyl (C=O) groups is 2. The van der Waals surface area contributed by atoms with Crippen LogP contribution in [0.15, 0.2) is 30.3 Å². The zero-order valence-corrected chi connectivity index (χ0v) is 11.4. The summed E-state index contributed by atoms with van der Waals surface area (Å²) in [4.78, 5) is 23.3. The Bertz CT molecular complexity index is 442. The van der Waals surface area contributed by atoms with Gasteiger partial charge in [-0.2, -0.15) is 0 Å². The minimum Gasteiger partial charge on any atom is -0.378 e. The number of nitrogens with one attached hydrogen (secondary N) is 2. The first-order chi connectivity index (χ1) is 9.74. The van der Waals surface area contributed by atoms with E-state index < -0.39 is 0 Å². The van der Waals surface area contributed by atoms with Gasteiger partial charge >= 0.3 is 0 Å². The predicted molar refractivity (Wildman–Crippen MR) is 76.3 cm³/mol. The summed E-state index contributed by atoms with van der Waals surface area (Å²) >= 11 is 0. The van der Waals surface area contributed by atoms with Crippen molar-refractivity contribution in [1.82, 2.24) is 5.32 Å². The molecule has 0 bridgehead atoms. The molecule has 1 fully saturated rings. The molecule has 2 amide bonds. The van der Waals surface area contributed by atoms with E-state index in [1.807, 2.05) is 18.2 Å². The summed E-state index contributed by atoms with van der Waals surface area (Å²) in [6.07, 6.45) is 3.42. The molecular weight excluding hydrogens is 256 g/mol. The van der Waals surface area contributed by atoms with E-state index in [0.717, 1.165) is 31.6 Å². The van der Waals surface area contributed by atoms with Crippen molar-refractivity contribution in [3.63, 3.8) is 0 Å². The van der Waals surface area contributed by atoms with Gasteiger partial charge in [-0.3, -0.25) is 9.59 Å². The molecule has 1 heterocycles. The van der Waals surface area contributed by atoms with Gasteiger partial charge in [0, 0.05) is 12.3 Å². The highest BCUT2D eigenvalue weighted by Crippen LogP contribution is 2.15. The molecular formula is C15H20N2O3. The van der Waals surface area contributed by atoms with E-state index in [2.05, 4.69) is 10.6 Å². The zero-order chi connectivity index (χ0) is 14.2. The van der Waals surface area contributed by atoms with Crippen LogP contribution in [0.25, 0.3) is 0 Å². The maximum atomic E-state index is 11.7. The first-order valence-corrected chi connectivity index (χ1v) is 6.97. The number of ether oxygens (including phenoxy) is 1. The van der Waals surface area contributed by atoms with E-state index in [1.165, 1.54) is 0 Å². The third-order valence-electron chi connectivity index (χ3n) is 3.19. The fourth-order valence-electron chi connectivity index (χ4n) is 2.15. The van der Waals surface area contributed by atoms with Gasteiger partial charge in [-0.15, -0.1) is 0 Å². The normalized spacial score (nSPS) is 18.3. The van der Waals surface area contributed by atoms with E-state index in [9.17, 15) is 9.59 Å². The molecule has 5 heteroatoms. The summed E-state index contributed by atoms with van der Waals surface area (Å²) in [5, 5.41) is 5.34. The Labute approximate surface area is 118 Å². The lowest BCUT2D eigenvalue weighted by molar-refractivity contribution is -0.127. The second-order valence-electron chi connectivity index (χ2n) is 4.88. The SMILES string of the molecule is O=C(CC1CCCCO1)NCC(=O)Nc1ccccc1. The van der Waals surface area contributed by atoms with Gasteiger partial charge in [0.2, 0.25) is 11.8 Å². The van der Waals surface area contributed by atoms with Gasteiger partial charge < -0.3 is 15.4 Å². The molecule has 0 radical (unpaired) electrons. The monoisotopic (exact) mass is 276 g/mol. The van der Waals surface area contributed by atoms with Crippen molar-refractivity contribution in [3.8, 4) is 0 Å². The summed E-state index contributed by atoms with van der Waals surface area (Å²) in [5.74, 6) is -0.366. The molecule has 0 saturated carbocycles. The molecule has 2 rings (SSSR count). The molecule has 2 N–H and O–H groups in total. The van der Waals surface area contributed by atoms with Gasteiger partial charge in [-0.05, 0) is 31.4 Å². The van der Waals surface area contributed by atoms with Crippen LogP contribution < -0.4 is 10.6 Å². The van der Waals surface area contributed by atoms with Gasteiger partial charge in [0.1, 0.15) is 0 Å². The van der Waals surface area contributed by atoms with Crippen molar-refractivity contribution in [2.24, 2.45) is 0 Å². The highest BCUT2D eigenvalue weighted by atomic mass is 16.5. The number of benzene rings is 1. The third kappa shape index (κ3) is 5.01. The molecule has 108 valence electrons. The van der Waals surface area contributed by atoms with Gasteiger partial charge in [-0.1, -0.05) is 18.2 Å². The van der Waals surface area contributed by atoms with E-state index in [0.29, 0.717) is 6.42 Å². The number of para-hydroxylation sites is 1. The molecule has 1 atom stereocenters. The molecule has 20 heavy (non-hydrogen) atoms. The van der Waals surface area contributed by atoms with E-state index in [1.54, 1.807) is 12.1 Å². The summed E-state index contributed by atoms with van der Waals surface area (Å²) in [5.41, 5.74) is 0.724. The number of hydrogen-bond acceptors (Lipinski definition) is 3. The van der Waals surface area contributed by atoms with Gasteiger partial charge in [0.25, 0.3) is 0 Å². The van der Waals surface area contributed by atoms with Crippen LogP contribution in [-0.2, 0) is 14.3 Å². The second-order valence-corrected chi connectivity index (χ2v) is 4.88. The quantitative estimate of drug-likeness (QED) is 0.860. The largest absolute Gasteiger partial charge is 0.378 e. The Morgan fingerprint density at radius 1 is 1.15 bits per heavy atom. The number of hydrogen-bond donors (Lipinski definition) is 2. The summed E-state index contributed by atoms with van der Waals surface area (Å²) in [6.45, 7) is 0.715. The molecule has 1 aromatic rings. The van der Waals surface area contributed by atoms with E-state index in [4.69, 9.17) is 4.74 Å². The minimum absolute atomic E-state index is 0.000865. The van der Waals surface area contributed by atoms with E-state index >= 15 is 0 Å². The van der Waals surface area contributed by atoms with Crippen molar-refractivity contribution in [2.45, 2.75) is 31.8 Å². The maximum Gasteiger partial charge on any atom is 0.243 e. The molecule has 1 aliphatic rings. The summed E-state index contributed by atoms with van der Waals surface area (Å²) in [6, 6.07) is 9.16. The van der Waals surface area contributed by atoms with E-state index in [-0.39, 0.29) is 24.5 Å². The van der Waals surface area contributed by atoms with Crippen LogP contribution in [-0.4, -0.2) is 31.1 Å². The van der Waals surface area contributed by atoms with Crippen molar-refractivity contribution in [3.05, 3.63) is 30.3 Å². The zero-order valence-electron chi connectivity index (χ0n) is 11.4. The van der Waals surface area contributed by atoms with Crippen LogP contribution in [0, 0.1) is 0 Å². The van der Waals surface area contributed by atoms with Gasteiger partial charge in [0.05, 0.1) is 19.1 Å².